The van der Waals surface area contributed by atoms with Crippen LogP contribution in [0.25, 0.3) is 0 Å². The summed E-state index contributed by atoms with van der Waals surface area (Å²) in [4.78, 5) is 0. The van der Waals surface area contributed by atoms with Gasteiger partial charge in [0.25, 0.3) is 0 Å². The Kier molecular flexibility index (Phi) is 5.26. The molecule has 1 aromatic carbocycles. The fraction of sp³-hybridized carbons (Fsp3) is 0.538. The summed E-state index contributed by atoms with van der Waals surface area (Å²) >= 11 is 0. The molecule has 0 aliphatic heterocycles. The number of rotatable bonds is 6. The molecule has 0 saturated carbocycles. The monoisotopic (exact) mass is 225 g/mol. The molecule has 0 bridgehead atoms. The Morgan fingerprint density at radius 1 is 1.38 bits per heavy atom. The molecular weight excluding hydrogens is 205 g/mol. The molecule has 1 rings (SSSR count). The maximum atomic E-state index is 13.6. The minimum atomic E-state index is -0.288. The summed E-state index contributed by atoms with van der Waals surface area (Å²) in [6, 6.07) is 5.31. The highest BCUT2D eigenvalue weighted by molar-refractivity contribution is 5.30. The Morgan fingerprint density at radius 3 is 2.69 bits per heavy atom. The van der Waals surface area contributed by atoms with E-state index >= 15 is 0 Å². The highest BCUT2D eigenvalue weighted by atomic mass is 19.1. The van der Waals surface area contributed by atoms with Gasteiger partial charge in [0.05, 0.1) is 6.61 Å². The largest absolute Gasteiger partial charge is 0.491 e. The molecule has 90 valence electrons. The van der Waals surface area contributed by atoms with Crippen LogP contribution < -0.4 is 10.1 Å². The van der Waals surface area contributed by atoms with Gasteiger partial charge in [-0.3, -0.25) is 0 Å². The van der Waals surface area contributed by atoms with Crippen LogP contribution in [0, 0.1) is 5.82 Å². The summed E-state index contributed by atoms with van der Waals surface area (Å²) in [5, 5.41) is 3.32. The summed E-state index contributed by atoms with van der Waals surface area (Å²) < 4.78 is 18.7. The van der Waals surface area contributed by atoms with Crippen LogP contribution in [-0.4, -0.2) is 13.2 Å². The highest BCUT2D eigenvalue weighted by Gasteiger charge is 2.08. The van der Waals surface area contributed by atoms with Crippen molar-refractivity contribution in [2.24, 2.45) is 0 Å². The van der Waals surface area contributed by atoms with Crippen molar-refractivity contribution in [1.29, 1.82) is 0 Å². The number of benzene rings is 1. The van der Waals surface area contributed by atoms with Crippen molar-refractivity contribution in [2.45, 2.75) is 33.2 Å². The fourth-order valence-corrected chi connectivity index (χ4v) is 1.54. The Labute approximate surface area is 96.8 Å². The van der Waals surface area contributed by atoms with E-state index in [-0.39, 0.29) is 11.9 Å². The quantitative estimate of drug-likeness (QED) is 0.802. The normalized spacial score (nSPS) is 12.5. The lowest BCUT2D eigenvalue weighted by Crippen LogP contribution is -2.19. The molecule has 3 heteroatoms. The SMILES string of the molecule is CCCN[C@H](C)c1ccc(OCC)c(F)c1. The Bertz CT molecular complexity index is 328. The molecule has 0 heterocycles. The van der Waals surface area contributed by atoms with Gasteiger partial charge < -0.3 is 10.1 Å². The minimum Gasteiger partial charge on any atom is -0.491 e. The second-order valence-electron chi connectivity index (χ2n) is 3.80. The Balaban J connectivity index is 2.71. The highest BCUT2D eigenvalue weighted by Crippen LogP contribution is 2.21. The zero-order valence-electron chi connectivity index (χ0n) is 10.2. The first-order valence-corrected chi connectivity index (χ1v) is 5.84. The second-order valence-corrected chi connectivity index (χ2v) is 3.80. The van der Waals surface area contributed by atoms with E-state index in [0.717, 1.165) is 18.5 Å². The van der Waals surface area contributed by atoms with E-state index in [1.54, 1.807) is 12.1 Å². The van der Waals surface area contributed by atoms with Gasteiger partial charge in [0.1, 0.15) is 0 Å². The molecule has 0 amide bonds. The molecule has 0 fully saturated rings. The molecule has 1 N–H and O–H groups in total. The molecule has 0 unspecified atom stereocenters. The number of ether oxygens (including phenoxy) is 1. The van der Waals surface area contributed by atoms with Crippen molar-refractivity contribution in [3.8, 4) is 5.75 Å². The molecular formula is C13H20FNO. The zero-order valence-corrected chi connectivity index (χ0v) is 10.2. The van der Waals surface area contributed by atoms with Gasteiger partial charge in [0.15, 0.2) is 11.6 Å². The lowest BCUT2D eigenvalue weighted by molar-refractivity contribution is 0.321. The number of hydrogen-bond donors (Lipinski definition) is 1. The van der Waals surface area contributed by atoms with Crippen molar-refractivity contribution in [3.05, 3.63) is 29.6 Å². The summed E-state index contributed by atoms with van der Waals surface area (Å²) in [6.07, 6.45) is 1.07. The molecule has 0 aliphatic carbocycles. The van der Waals surface area contributed by atoms with Crippen LogP contribution >= 0.6 is 0 Å². The molecule has 1 atom stereocenters. The standard InChI is InChI=1S/C13H20FNO/c1-4-8-15-10(3)11-6-7-13(16-5-2)12(14)9-11/h6-7,9-10,15H,4-5,8H2,1-3H3/t10-/m1/s1. The van der Waals surface area contributed by atoms with Gasteiger partial charge >= 0.3 is 0 Å². The topological polar surface area (TPSA) is 21.3 Å². The maximum Gasteiger partial charge on any atom is 0.165 e. The van der Waals surface area contributed by atoms with E-state index < -0.39 is 0 Å². The molecule has 1 aromatic rings. The Morgan fingerprint density at radius 2 is 2.12 bits per heavy atom. The molecule has 0 saturated heterocycles. The van der Waals surface area contributed by atoms with Crippen LogP contribution in [0.15, 0.2) is 18.2 Å². The van der Waals surface area contributed by atoms with E-state index in [0.29, 0.717) is 12.4 Å². The van der Waals surface area contributed by atoms with Gasteiger partial charge in [0, 0.05) is 6.04 Å². The minimum absolute atomic E-state index is 0.171. The van der Waals surface area contributed by atoms with Crippen LogP contribution in [0.4, 0.5) is 4.39 Å². The van der Waals surface area contributed by atoms with Crippen LogP contribution in [0.1, 0.15) is 38.8 Å². The molecule has 16 heavy (non-hydrogen) atoms. The van der Waals surface area contributed by atoms with Gasteiger partial charge in [-0.1, -0.05) is 13.0 Å². The van der Waals surface area contributed by atoms with E-state index in [2.05, 4.69) is 12.2 Å². The maximum absolute atomic E-state index is 13.6. The number of hydrogen-bond acceptors (Lipinski definition) is 2. The van der Waals surface area contributed by atoms with Crippen LogP contribution in [-0.2, 0) is 0 Å². The van der Waals surface area contributed by atoms with Crippen molar-refractivity contribution in [1.82, 2.24) is 5.32 Å². The van der Waals surface area contributed by atoms with E-state index in [1.807, 2.05) is 19.9 Å². The average Bonchev–Trinajstić information content (AvgIpc) is 2.29. The summed E-state index contributed by atoms with van der Waals surface area (Å²) in [5.41, 5.74) is 0.953. The number of nitrogens with one attached hydrogen (secondary N) is 1. The van der Waals surface area contributed by atoms with Gasteiger partial charge in [-0.05, 0) is 44.5 Å². The van der Waals surface area contributed by atoms with Crippen molar-refractivity contribution < 1.29 is 9.13 Å². The molecule has 0 spiro atoms. The first kappa shape index (κ1) is 13.0. The van der Waals surface area contributed by atoms with Gasteiger partial charge in [0.2, 0.25) is 0 Å². The lowest BCUT2D eigenvalue weighted by atomic mass is 10.1. The molecule has 2 nitrogen and oxygen atoms in total. The number of halogens is 1. The summed E-state index contributed by atoms with van der Waals surface area (Å²) in [6.45, 7) is 7.41. The van der Waals surface area contributed by atoms with Crippen molar-refractivity contribution in [3.63, 3.8) is 0 Å². The predicted molar refractivity (Wildman–Crippen MR) is 64.3 cm³/mol. The van der Waals surface area contributed by atoms with E-state index in [1.165, 1.54) is 0 Å². The third kappa shape index (κ3) is 3.49. The second kappa shape index (κ2) is 6.48. The van der Waals surface area contributed by atoms with Crippen molar-refractivity contribution >= 4 is 0 Å². The van der Waals surface area contributed by atoms with Crippen LogP contribution in [0.2, 0.25) is 0 Å². The molecule has 0 aromatic heterocycles. The third-order valence-corrected chi connectivity index (χ3v) is 2.46. The van der Waals surface area contributed by atoms with Crippen LogP contribution in [0.5, 0.6) is 5.75 Å². The predicted octanol–water partition coefficient (Wildman–Crippen LogP) is 3.29. The zero-order chi connectivity index (χ0) is 12.0. The van der Waals surface area contributed by atoms with E-state index in [4.69, 9.17) is 4.74 Å². The van der Waals surface area contributed by atoms with Gasteiger partial charge in [-0.25, -0.2) is 4.39 Å². The first-order valence-electron chi connectivity index (χ1n) is 5.84. The fourth-order valence-electron chi connectivity index (χ4n) is 1.54. The summed E-state index contributed by atoms with van der Waals surface area (Å²) in [5.74, 6) is 0.0402. The third-order valence-electron chi connectivity index (χ3n) is 2.46. The lowest BCUT2D eigenvalue weighted by Gasteiger charge is -2.14. The Hall–Kier alpha value is -1.09. The van der Waals surface area contributed by atoms with E-state index in [9.17, 15) is 4.39 Å². The van der Waals surface area contributed by atoms with Crippen LogP contribution in [0.3, 0.4) is 0 Å². The first-order chi connectivity index (χ1) is 7.69. The molecule has 0 radical (unpaired) electrons. The smallest absolute Gasteiger partial charge is 0.165 e. The molecule has 0 aliphatic rings. The average molecular weight is 225 g/mol. The summed E-state index contributed by atoms with van der Waals surface area (Å²) in [7, 11) is 0. The van der Waals surface area contributed by atoms with Crippen molar-refractivity contribution in [2.75, 3.05) is 13.2 Å². The van der Waals surface area contributed by atoms with Gasteiger partial charge in [-0.15, -0.1) is 0 Å². The van der Waals surface area contributed by atoms with Gasteiger partial charge in [-0.2, -0.15) is 0 Å².